The second-order valence-corrected chi connectivity index (χ2v) is 20.3. The Labute approximate surface area is 417 Å². The van der Waals surface area contributed by atoms with E-state index in [9.17, 15) is 39.0 Å². The monoisotopic (exact) mass is 993 g/mol. The predicted octanol–water partition coefficient (Wildman–Crippen LogP) is 5.68. The Hall–Kier alpha value is -6.56. The standard InChI is InChI=1S/C55H63NO16/c1-30(2)37(59)25-18-26-41(61)70-45(43(34-19-12-9-13-20-34)56-49(63)35-21-14-10-15-22-35)51(65)69-38-28-55(66)48(71-50(64)36-23-16-11-17-24-36)46-53(8,39(60)27-40-54(46,29-67-40)72-33(5)58)47(62)44(68-32(4)57)42(31(38)3)52(55,6)7/h9-17,19-24,30,38-40,43-46,48,60,66H,18,25-29H2,1-8H3,(H,56,63)/t38-,39-,40+,43-,44+,45+,46-,48-,53+,54-,55+/m0/s1. The molecule has 0 radical (unpaired) electrons. The highest BCUT2D eigenvalue weighted by Gasteiger charge is 2.78. The van der Waals surface area contributed by atoms with Crippen LogP contribution in [0.4, 0.5) is 0 Å². The van der Waals surface area contributed by atoms with Crippen molar-refractivity contribution >= 4 is 47.3 Å². The number of esters is 5. The van der Waals surface area contributed by atoms with Gasteiger partial charge in [-0.3, -0.25) is 28.8 Å². The molecule has 0 spiro atoms. The minimum Gasteiger partial charge on any atom is -0.455 e. The summed E-state index contributed by atoms with van der Waals surface area (Å²) in [6.07, 6.45) is -11.0. The van der Waals surface area contributed by atoms with Gasteiger partial charge in [-0.2, -0.15) is 0 Å². The average Bonchev–Trinajstić information content (AvgIpc) is 3.33. The Balaban J connectivity index is 1.40. The molecule has 7 rings (SSSR count). The van der Waals surface area contributed by atoms with Crippen LogP contribution in [0.2, 0.25) is 0 Å². The minimum absolute atomic E-state index is 0.0413. The number of nitrogens with one attached hydrogen (secondary N) is 1. The molecule has 0 aromatic heterocycles. The van der Waals surface area contributed by atoms with Crippen molar-refractivity contribution in [2.45, 2.75) is 141 Å². The first kappa shape index (κ1) is 53.2. The first-order valence-corrected chi connectivity index (χ1v) is 24.2. The summed E-state index contributed by atoms with van der Waals surface area (Å²) in [6, 6.07) is 22.7. The maximum absolute atomic E-state index is 15.7. The molecule has 72 heavy (non-hydrogen) atoms. The van der Waals surface area contributed by atoms with E-state index in [1.165, 1.54) is 26.0 Å². The lowest BCUT2D eigenvalue weighted by Gasteiger charge is -2.67. The van der Waals surface area contributed by atoms with Crippen molar-refractivity contribution in [2.75, 3.05) is 6.61 Å². The number of aliphatic hydroxyl groups excluding tert-OH is 1. The van der Waals surface area contributed by atoms with E-state index in [-0.39, 0.29) is 66.3 Å². The molecule has 0 unspecified atom stereocenters. The number of carbonyl (C=O) groups is 8. The van der Waals surface area contributed by atoms with Crippen LogP contribution in [-0.4, -0.2) is 112 Å². The number of ether oxygens (including phenoxy) is 6. The Morgan fingerprint density at radius 2 is 1.40 bits per heavy atom. The van der Waals surface area contributed by atoms with Crippen molar-refractivity contribution in [1.82, 2.24) is 5.32 Å². The van der Waals surface area contributed by atoms with Gasteiger partial charge in [0.05, 0.1) is 29.6 Å². The van der Waals surface area contributed by atoms with Crippen LogP contribution < -0.4 is 5.32 Å². The number of hydrogen-bond acceptors (Lipinski definition) is 16. The minimum atomic E-state index is -2.47. The van der Waals surface area contributed by atoms with Gasteiger partial charge in [-0.25, -0.2) is 9.59 Å². The molecule has 1 saturated heterocycles. The Morgan fingerprint density at radius 3 is 1.96 bits per heavy atom. The van der Waals surface area contributed by atoms with Gasteiger partial charge in [0.2, 0.25) is 6.10 Å². The van der Waals surface area contributed by atoms with E-state index in [1.807, 2.05) is 0 Å². The van der Waals surface area contributed by atoms with E-state index in [1.54, 1.807) is 107 Å². The molecule has 11 atom stereocenters. The SMILES string of the molecule is CC(=O)O[C@H]1C(=O)[C@@]2(C)[C@H]([C@H](OC(=O)c3ccccc3)[C@]3(O)C[C@H](OC(=O)[C@H](OC(=O)CCCC(=O)C(C)C)[C@@H](NC(=O)c4ccccc4)c4ccccc4)C(C)=C1C3(C)C)[C@]1(OC(C)=O)CO[C@@H]1C[C@@H]2O. The number of carbonyl (C=O) groups excluding carboxylic acids is 8. The zero-order valence-corrected chi connectivity index (χ0v) is 41.7. The third-order valence-corrected chi connectivity index (χ3v) is 15.2. The van der Waals surface area contributed by atoms with Gasteiger partial charge < -0.3 is 44.0 Å². The van der Waals surface area contributed by atoms with E-state index in [0.29, 0.717) is 5.56 Å². The van der Waals surface area contributed by atoms with E-state index in [4.69, 9.17) is 28.4 Å². The smallest absolute Gasteiger partial charge is 0.350 e. The first-order chi connectivity index (χ1) is 34.0. The van der Waals surface area contributed by atoms with Crippen molar-refractivity contribution in [3.8, 4) is 0 Å². The normalized spacial score (nSPS) is 29.0. The van der Waals surface area contributed by atoms with Crippen LogP contribution in [0.5, 0.6) is 0 Å². The van der Waals surface area contributed by atoms with Gasteiger partial charge >= 0.3 is 29.8 Å². The topological polar surface area (TPSA) is 244 Å². The maximum atomic E-state index is 15.7. The number of amides is 1. The van der Waals surface area contributed by atoms with Crippen LogP contribution in [0, 0.1) is 22.7 Å². The zero-order valence-electron chi connectivity index (χ0n) is 41.7. The molecular formula is C55H63NO16. The fourth-order valence-corrected chi connectivity index (χ4v) is 11.2. The van der Waals surface area contributed by atoms with Gasteiger partial charge in [0.25, 0.3) is 5.91 Å². The molecule has 3 aromatic carbocycles. The van der Waals surface area contributed by atoms with E-state index in [0.717, 1.165) is 13.8 Å². The van der Waals surface area contributed by atoms with E-state index >= 15 is 9.59 Å². The fraction of sp³-hybridized carbons (Fsp3) is 0.491. The van der Waals surface area contributed by atoms with E-state index in [2.05, 4.69) is 5.32 Å². The molecule has 384 valence electrons. The highest BCUT2D eigenvalue weighted by Crippen LogP contribution is 2.64. The molecule has 4 aliphatic rings. The number of hydrogen-bond donors (Lipinski definition) is 3. The Bertz CT molecular complexity index is 2610. The predicted molar refractivity (Wildman–Crippen MR) is 255 cm³/mol. The van der Waals surface area contributed by atoms with Crippen LogP contribution in [0.1, 0.15) is 120 Å². The lowest BCUT2D eigenvalue weighted by Crippen LogP contribution is -2.82. The summed E-state index contributed by atoms with van der Waals surface area (Å²) in [6.45, 7) is 11.3. The molecule has 1 aliphatic heterocycles. The van der Waals surface area contributed by atoms with E-state index < -0.39 is 119 Å². The number of Topliss-reactive ketones (excluding diaryl/α,β-unsaturated/α-hetero) is 2. The third-order valence-electron chi connectivity index (χ3n) is 15.2. The van der Waals surface area contributed by atoms with Crippen molar-refractivity contribution < 1.29 is 77.0 Å². The van der Waals surface area contributed by atoms with Gasteiger partial charge in [0.15, 0.2) is 17.5 Å². The lowest BCUT2D eigenvalue weighted by molar-refractivity contribution is -0.346. The Kier molecular flexibility index (Phi) is 15.4. The summed E-state index contributed by atoms with van der Waals surface area (Å²) in [7, 11) is 0. The highest BCUT2D eigenvalue weighted by molar-refractivity contribution is 5.96. The van der Waals surface area contributed by atoms with Crippen LogP contribution in [0.15, 0.2) is 102 Å². The molecule has 2 bridgehead atoms. The summed E-state index contributed by atoms with van der Waals surface area (Å²) in [4.78, 5) is 112. The summed E-state index contributed by atoms with van der Waals surface area (Å²) < 4.78 is 36.8. The molecule has 3 fully saturated rings. The quantitative estimate of drug-likeness (QED) is 0.0888. The van der Waals surface area contributed by atoms with Crippen molar-refractivity contribution in [3.05, 3.63) is 119 Å². The fourth-order valence-electron chi connectivity index (χ4n) is 11.2. The molecule has 2 saturated carbocycles. The lowest BCUT2D eigenvalue weighted by atomic mass is 9.44. The zero-order chi connectivity index (χ0) is 52.5. The first-order valence-electron chi connectivity index (χ1n) is 24.2. The second kappa shape index (κ2) is 20.9. The van der Waals surface area contributed by atoms with Crippen LogP contribution in [0.3, 0.4) is 0 Å². The van der Waals surface area contributed by atoms with Crippen LogP contribution in [-0.2, 0) is 57.2 Å². The molecule has 1 amide bonds. The van der Waals surface area contributed by atoms with Crippen molar-refractivity contribution in [2.24, 2.45) is 22.7 Å². The van der Waals surface area contributed by atoms with Gasteiger partial charge in [-0.05, 0) is 61.2 Å². The largest absolute Gasteiger partial charge is 0.455 e. The molecule has 3 N–H and O–H groups in total. The molecule has 3 aromatic rings. The van der Waals surface area contributed by atoms with Crippen molar-refractivity contribution in [1.29, 1.82) is 0 Å². The van der Waals surface area contributed by atoms with Gasteiger partial charge in [0, 0.05) is 56.4 Å². The number of ketones is 2. The maximum Gasteiger partial charge on any atom is 0.350 e. The number of fused-ring (bicyclic) bond motifs is 5. The van der Waals surface area contributed by atoms with Crippen LogP contribution in [0.25, 0.3) is 0 Å². The Morgan fingerprint density at radius 1 is 0.806 bits per heavy atom. The summed E-state index contributed by atoms with van der Waals surface area (Å²) in [5.41, 5.74) is -7.47. The summed E-state index contributed by atoms with van der Waals surface area (Å²) in [5, 5.41) is 29.0. The summed E-state index contributed by atoms with van der Waals surface area (Å²) in [5.74, 6) is -8.33. The van der Waals surface area contributed by atoms with Gasteiger partial charge in [-0.1, -0.05) is 94.4 Å². The highest BCUT2D eigenvalue weighted by atomic mass is 16.6. The number of aliphatic hydroxyl groups is 2. The third kappa shape index (κ3) is 9.85. The van der Waals surface area contributed by atoms with Crippen LogP contribution >= 0.6 is 0 Å². The molecule has 17 heteroatoms. The second-order valence-electron chi connectivity index (χ2n) is 20.3. The molecule has 3 aliphatic carbocycles. The van der Waals surface area contributed by atoms with Crippen molar-refractivity contribution in [3.63, 3.8) is 0 Å². The number of rotatable bonds is 16. The molecule has 1 heterocycles. The molecular weight excluding hydrogens is 931 g/mol. The summed E-state index contributed by atoms with van der Waals surface area (Å²) >= 11 is 0. The molecule has 17 nitrogen and oxygen atoms in total. The van der Waals surface area contributed by atoms with Gasteiger partial charge in [0.1, 0.15) is 35.7 Å². The number of benzene rings is 3. The van der Waals surface area contributed by atoms with Gasteiger partial charge in [-0.15, -0.1) is 0 Å². The average molecular weight is 994 g/mol.